The van der Waals surface area contributed by atoms with Crippen LogP contribution < -0.4 is 0 Å². The second-order valence-corrected chi connectivity index (χ2v) is 6.14. The quantitative estimate of drug-likeness (QED) is 0.927. The highest BCUT2D eigenvalue weighted by Crippen LogP contribution is 2.23. The highest BCUT2D eigenvalue weighted by atomic mass is 35.5. The van der Waals surface area contributed by atoms with Crippen LogP contribution in [0, 0.1) is 0 Å². The Morgan fingerprint density at radius 1 is 1.42 bits per heavy atom. The zero-order valence-electron chi connectivity index (χ0n) is 9.41. The first-order valence-corrected chi connectivity index (χ1v) is 7.07. The average molecular weight is 302 g/mol. The van der Waals surface area contributed by atoms with Crippen molar-refractivity contribution in [2.24, 2.45) is 0 Å². The number of carbonyl (C=O) groups is 1. The lowest BCUT2D eigenvalue weighted by Crippen LogP contribution is -2.07. The predicted octanol–water partition coefficient (Wildman–Crippen LogP) is 2.00. The normalized spacial score (nSPS) is 11.4. The lowest BCUT2D eigenvalue weighted by Gasteiger charge is -2.05. The van der Waals surface area contributed by atoms with Crippen LogP contribution in [0.5, 0.6) is 0 Å². The van der Waals surface area contributed by atoms with Gasteiger partial charge in [0.1, 0.15) is 6.26 Å². The SMILES string of the molecule is O=C(O)c1cc(S(=O)(=O)Cc2cnoc2)ccc1Cl. The van der Waals surface area contributed by atoms with Gasteiger partial charge in [0.15, 0.2) is 9.84 Å². The molecule has 0 saturated heterocycles. The van der Waals surface area contributed by atoms with Gasteiger partial charge in [-0.1, -0.05) is 16.8 Å². The van der Waals surface area contributed by atoms with Crippen LogP contribution in [0.2, 0.25) is 5.02 Å². The molecule has 0 atom stereocenters. The van der Waals surface area contributed by atoms with E-state index >= 15 is 0 Å². The molecule has 0 spiro atoms. The van der Waals surface area contributed by atoms with Crippen LogP contribution in [0.1, 0.15) is 15.9 Å². The fourth-order valence-corrected chi connectivity index (χ4v) is 2.98. The van der Waals surface area contributed by atoms with Gasteiger partial charge in [-0.25, -0.2) is 13.2 Å². The molecule has 0 radical (unpaired) electrons. The molecule has 1 aromatic carbocycles. The topological polar surface area (TPSA) is 97.5 Å². The molecule has 19 heavy (non-hydrogen) atoms. The van der Waals surface area contributed by atoms with Gasteiger partial charge in [0.05, 0.1) is 27.4 Å². The van der Waals surface area contributed by atoms with E-state index in [9.17, 15) is 13.2 Å². The summed E-state index contributed by atoms with van der Waals surface area (Å²) in [5.74, 6) is -1.61. The summed E-state index contributed by atoms with van der Waals surface area (Å²) in [5.41, 5.74) is 0.125. The summed E-state index contributed by atoms with van der Waals surface area (Å²) in [7, 11) is -3.68. The van der Waals surface area contributed by atoms with Crippen molar-refractivity contribution in [3.63, 3.8) is 0 Å². The summed E-state index contributed by atoms with van der Waals surface area (Å²) < 4.78 is 28.7. The molecule has 6 nitrogen and oxygen atoms in total. The molecule has 0 unspecified atom stereocenters. The van der Waals surface area contributed by atoms with Crippen LogP contribution >= 0.6 is 11.6 Å². The first-order valence-electron chi connectivity index (χ1n) is 5.04. The van der Waals surface area contributed by atoms with Crippen LogP contribution in [-0.2, 0) is 15.6 Å². The molecule has 8 heteroatoms. The minimum absolute atomic E-state index is 0.0172. The van der Waals surface area contributed by atoms with Crippen molar-refractivity contribution in [2.45, 2.75) is 10.6 Å². The Balaban J connectivity index is 2.41. The molecule has 100 valence electrons. The van der Waals surface area contributed by atoms with E-state index in [1.807, 2.05) is 0 Å². The maximum atomic E-state index is 12.1. The van der Waals surface area contributed by atoms with E-state index in [4.69, 9.17) is 16.7 Å². The Morgan fingerprint density at radius 2 is 2.16 bits per heavy atom. The number of sulfone groups is 1. The van der Waals surface area contributed by atoms with Gasteiger partial charge in [0.2, 0.25) is 0 Å². The zero-order chi connectivity index (χ0) is 14.0. The van der Waals surface area contributed by atoms with Crippen LogP contribution in [0.4, 0.5) is 0 Å². The molecule has 1 aromatic heterocycles. The molecule has 0 bridgehead atoms. The van der Waals surface area contributed by atoms with Crippen LogP contribution in [0.15, 0.2) is 40.1 Å². The average Bonchev–Trinajstić information content (AvgIpc) is 2.80. The summed E-state index contributed by atoms with van der Waals surface area (Å²) >= 11 is 5.68. The fourth-order valence-electron chi connectivity index (χ4n) is 1.46. The number of aromatic nitrogens is 1. The molecule has 0 amide bonds. The van der Waals surface area contributed by atoms with Crippen molar-refractivity contribution in [1.82, 2.24) is 5.16 Å². The van der Waals surface area contributed by atoms with E-state index in [0.717, 1.165) is 6.07 Å². The third-order valence-electron chi connectivity index (χ3n) is 2.37. The smallest absolute Gasteiger partial charge is 0.337 e. The number of hydrogen-bond donors (Lipinski definition) is 1. The molecule has 0 saturated carbocycles. The van der Waals surface area contributed by atoms with Gasteiger partial charge < -0.3 is 9.63 Å². The number of benzene rings is 1. The Kier molecular flexibility index (Phi) is 3.59. The first-order chi connectivity index (χ1) is 8.90. The molecular weight excluding hydrogens is 294 g/mol. The van der Waals surface area contributed by atoms with Crippen molar-refractivity contribution < 1.29 is 22.8 Å². The summed E-state index contributed by atoms with van der Waals surface area (Å²) in [6.07, 6.45) is 2.50. The molecular formula is C11H8ClNO5S. The molecule has 1 N–H and O–H groups in total. The van der Waals surface area contributed by atoms with Gasteiger partial charge in [-0.05, 0) is 18.2 Å². The van der Waals surface area contributed by atoms with Gasteiger partial charge in [0.25, 0.3) is 0 Å². The van der Waals surface area contributed by atoms with E-state index in [1.54, 1.807) is 0 Å². The molecule has 1 heterocycles. The van der Waals surface area contributed by atoms with Crippen LogP contribution in [0.3, 0.4) is 0 Å². The van der Waals surface area contributed by atoms with Crippen molar-refractivity contribution in [3.8, 4) is 0 Å². The summed E-state index contributed by atoms with van der Waals surface area (Å²) in [4.78, 5) is 10.8. The lowest BCUT2D eigenvalue weighted by atomic mass is 10.2. The Hall–Kier alpha value is -1.86. The zero-order valence-corrected chi connectivity index (χ0v) is 11.0. The largest absolute Gasteiger partial charge is 0.478 e. The Morgan fingerprint density at radius 3 is 2.74 bits per heavy atom. The van der Waals surface area contributed by atoms with Gasteiger partial charge in [0, 0.05) is 5.56 Å². The fraction of sp³-hybridized carbons (Fsp3) is 0.0909. The maximum Gasteiger partial charge on any atom is 0.337 e. The van der Waals surface area contributed by atoms with E-state index in [-0.39, 0.29) is 21.2 Å². The molecule has 0 aliphatic rings. The van der Waals surface area contributed by atoms with Gasteiger partial charge >= 0.3 is 5.97 Å². The molecule has 0 aliphatic carbocycles. The van der Waals surface area contributed by atoms with E-state index in [0.29, 0.717) is 5.56 Å². The molecule has 2 rings (SSSR count). The number of nitrogens with zero attached hydrogens (tertiary/aromatic N) is 1. The van der Waals surface area contributed by atoms with Gasteiger partial charge in [-0.3, -0.25) is 0 Å². The van der Waals surface area contributed by atoms with Crippen LogP contribution in [-0.4, -0.2) is 24.7 Å². The van der Waals surface area contributed by atoms with Crippen LogP contribution in [0.25, 0.3) is 0 Å². The van der Waals surface area contributed by atoms with Crippen molar-refractivity contribution in [1.29, 1.82) is 0 Å². The maximum absolute atomic E-state index is 12.1. The molecule has 2 aromatic rings. The molecule has 0 fully saturated rings. The monoisotopic (exact) mass is 301 g/mol. The van der Waals surface area contributed by atoms with E-state index in [1.165, 1.54) is 24.6 Å². The first kappa shape index (κ1) is 13.6. The summed E-state index contributed by atoms with van der Waals surface area (Å²) in [5, 5.41) is 12.3. The van der Waals surface area contributed by atoms with Crippen molar-refractivity contribution in [3.05, 3.63) is 46.8 Å². The number of carboxylic acids is 1. The molecule has 0 aliphatic heterocycles. The second-order valence-electron chi connectivity index (χ2n) is 3.74. The van der Waals surface area contributed by atoms with Crippen molar-refractivity contribution in [2.75, 3.05) is 0 Å². The second kappa shape index (κ2) is 5.02. The Bertz CT molecular complexity index is 709. The minimum Gasteiger partial charge on any atom is -0.478 e. The number of aromatic carboxylic acids is 1. The number of carboxylic acid groups (broad SMARTS) is 1. The van der Waals surface area contributed by atoms with Gasteiger partial charge in [-0.2, -0.15) is 0 Å². The highest BCUT2D eigenvalue weighted by molar-refractivity contribution is 7.90. The van der Waals surface area contributed by atoms with Gasteiger partial charge in [-0.15, -0.1) is 0 Å². The third kappa shape index (κ3) is 2.94. The number of halogens is 1. The van der Waals surface area contributed by atoms with Crippen molar-refractivity contribution >= 4 is 27.4 Å². The number of rotatable bonds is 4. The minimum atomic E-state index is -3.68. The standard InChI is InChI=1S/C11H8ClNO5S/c12-10-2-1-8(3-9(10)11(14)15)19(16,17)6-7-4-13-18-5-7/h1-5H,6H2,(H,14,15). The third-order valence-corrected chi connectivity index (χ3v) is 4.38. The highest BCUT2D eigenvalue weighted by Gasteiger charge is 2.19. The lowest BCUT2D eigenvalue weighted by molar-refractivity contribution is 0.0697. The summed E-state index contributed by atoms with van der Waals surface area (Å²) in [6, 6.07) is 3.54. The van der Waals surface area contributed by atoms with E-state index in [2.05, 4.69) is 9.68 Å². The van der Waals surface area contributed by atoms with E-state index < -0.39 is 15.8 Å². The summed E-state index contributed by atoms with van der Waals surface area (Å²) in [6.45, 7) is 0. The Labute approximate surface area is 113 Å². The number of hydrogen-bond acceptors (Lipinski definition) is 5. The predicted molar refractivity (Wildman–Crippen MR) is 65.8 cm³/mol.